The molecular weight excluding hydrogens is 423 g/mol. The van der Waals surface area contributed by atoms with Gasteiger partial charge in [-0.05, 0) is 31.0 Å². The van der Waals surface area contributed by atoms with Crippen LogP contribution in [0.3, 0.4) is 0 Å². The maximum absolute atomic E-state index is 12.9. The highest BCUT2D eigenvalue weighted by Crippen LogP contribution is 2.30. The molecule has 4 rings (SSSR count). The quantitative estimate of drug-likeness (QED) is 0.461. The van der Waals surface area contributed by atoms with E-state index < -0.39 is 12.7 Å². The van der Waals surface area contributed by atoms with Crippen LogP contribution in [-0.2, 0) is 6.54 Å². The average molecular weight is 445 g/mol. The lowest BCUT2D eigenvalue weighted by atomic mass is 10.1. The Kier molecular flexibility index (Phi) is 5.49. The molecule has 32 heavy (non-hydrogen) atoms. The molecular formula is C21H22F3N7O. The van der Waals surface area contributed by atoms with Crippen molar-refractivity contribution >= 4 is 22.5 Å². The second-order valence-electron chi connectivity index (χ2n) is 7.70. The van der Waals surface area contributed by atoms with Crippen molar-refractivity contribution in [2.75, 3.05) is 12.4 Å². The standard InChI is InChI=1S/C21H22F3N7O/c1-12(2)14-7-15(19-16(26-14)9-31(29-19)10-21(22,23)24)27-18-6-5-17(20(28-18)32-4)30-8-13(3)25-11-30/h5-9,11-12H,10H2,1-4H3,(H,27,28). The highest BCUT2D eigenvalue weighted by Gasteiger charge is 2.29. The minimum absolute atomic E-state index is 0.0697. The van der Waals surface area contributed by atoms with E-state index in [-0.39, 0.29) is 5.92 Å². The van der Waals surface area contributed by atoms with E-state index in [0.29, 0.717) is 34.1 Å². The average Bonchev–Trinajstić information content (AvgIpc) is 3.32. The summed E-state index contributed by atoms with van der Waals surface area (Å²) in [5.41, 5.74) is 3.50. The van der Waals surface area contributed by atoms with Gasteiger partial charge in [-0.3, -0.25) is 4.68 Å². The summed E-state index contributed by atoms with van der Waals surface area (Å²) in [7, 11) is 1.51. The molecule has 0 saturated carbocycles. The Morgan fingerprint density at radius 2 is 1.94 bits per heavy atom. The van der Waals surface area contributed by atoms with Crippen LogP contribution in [0.5, 0.6) is 5.88 Å². The Hall–Kier alpha value is -3.63. The van der Waals surface area contributed by atoms with Gasteiger partial charge in [0.25, 0.3) is 0 Å². The third-order valence-corrected chi connectivity index (χ3v) is 4.76. The van der Waals surface area contributed by atoms with Gasteiger partial charge in [-0.1, -0.05) is 13.8 Å². The van der Waals surface area contributed by atoms with E-state index >= 15 is 0 Å². The van der Waals surface area contributed by atoms with Crippen molar-refractivity contribution in [2.24, 2.45) is 0 Å². The minimum Gasteiger partial charge on any atom is -0.479 e. The van der Waals surface area contributed by atoms with Crippen LogP contribution in [0.4, 0.5) is 24.7 Å². The summed E-state index contributed by atoms with van der Waals surface area (Å²) in [4.78, 5) is 13.2. The van der Waals surface area contributed by atoms with E-state index in [1.807, 2.05) is 33.0 Å². The van der Waals surface area contributed by atoms with E-state index in [4.69, 9.17) is 4.74 Å². The number of hydrogen-bond acceptors (Lipinski definition) is 6. The van der Waals surface area contributed by atoms with Crippen LogP contribution >= 0.6 is 0 Å². The number of rotatable bonds is 6. The Labute approximate surface area is 182 Å². The fraction of sp³-hybridized carbons (Fsp3) is 0.333. The number of fused-ring (bicyclic) bond motifs is 1. The van der Waals surface area contributed by atoms with Crippen LogP contribution in [-0.4, -0.2) is 42.6 Å². The summed E-state index contributed by atoms with van der Waals surface area (Å²) in [5.74, 6) is 0.889. The van der Waals surface area contributed by atoms with Crippen molar-refractivity contribution in [1.29, 1.82) is 0 Å². The zero-order valence-electron chi connectivity index (χ0n) is 18.0. The molecule has 1 N–H and O–H groups in total. The predicted octanol–water partition coefficient (Wildman–Crippen LogP) is 4.76. The molecule has 0 saturated heterocycles. The third kappa shape index (κ3) is 4.51. The van der Waals surface area contributed by atoms with Gasteiger partial charge in [-0.25, -0.2) is 9.97 Å². The van der Waals surface area contributed by atoms with Crippen molar-refractivity contribution in [1.82, 2.24) is 29.3 Å². The highest BCUT2D eigenvalue weighted by molar-refractivity contribution is 5.89. The SMILES string of the molecule is COc1nc(Nc2cc(C(C)C)nc3cn(CC(F)(F)F)nc23)ccc1-n1cnc(C)c1. The van der Waals surface area contributed by atoms with Crippen LogP contribution in [0.25, 0.3) is 16.7 Å². The van der Waals surface area contributed by atoms with Crippen LogP contribution in [0, 0.1) is 6.92 Å². The van der Waals surface area contributed by atoms with E-state index in [1.165, 1.54) is 13.3 Å². The molecule has 0 bridgehead atoms. The number of ether oxygens (including phenoxy) is 1. The number of imidazole rings is 1. The van der Waals surface area contributed by atoms with Crippen LogP contribution in [0.2, 0.25) is 0 Å². The molecule has 0 aliphatic rings. The molecule has 0 amide bonds. The van der Waals surface area contributed by atoms with Crippen molar-refractivity contribution in [3.8, 4) is 11.6 Å². The zero-order valence-corrected chi connectivity index (χ0v) is 18.0. The molecule has 4 aromatic heterocycles. The van der Waals surface area contributed by atoms with Gasteiger partial charge in [0, 0.05) is 11.9 Å². The molecule has 0 atom stereocenters. The van der Waals surface area contributed by atoms with E-state index in [1.54, 1.807) is 23.0 Å². The molecule has 0 aromatic carbocycles. The summed E-state index contributed by atoms with van der Waals surface area (Å²) in [5, 5.41) is 7.27. The monoisotopic (exact) mass is 445 g/mol. The van der Waals surface area contributed by atoms with Crippen molar-refractivity contribution in [2.45, 2.75) is 39.4 Å². The van der Waals surface area contributed by atoms with Gasteiger partial charge in [0.15, 0.2) is 0 Å². The van der Waals surface area contributed by atoms with Crippen molar-refractivity contribution in [3.05, 3.63) is 48.3 Å². The topological polar surface area (TPSA) is 82.7 Å². The maximum Gasteiger partial charge on any atom is 0.408 e. The number of aryl methyl sites for hydroxylation is 1. The molecule has 0 aliphatic heterocycles. The maximum atomic E-state index is 12.9. The predicted molar refractivity (Wildman–Crippen MR) is 114 cm³/mol. The highest BCUT2D eigenvalue weighted by atomic mass is 19.4. The number of alkyl halides is 3. The first-order chi connectivity index (χ1) is 15.1. The summed E-state index contributed by atoms with van der Waals surface area (Å²) in [6, 6.07) is 5.35. The van der Waals surface area contributed by atoms with E-state index in [0.717, 1.165) is 16.1 Å². The second kappa shape index (κ2) is 8.13. The molecule has 168 valence electrons. The van der Waals surface area contributed by atoms with Gasteiger partial charge >= 0.3 is 6.18 Å². The molecule has 0 aliphatic carbocycles. The molecule has 8 nitrogen and oxygen atoms in total. The normalized spacial score (nSPS) is 12.0. The summed E-state index contributed by atoms with van der Waals surface area (Å²) in [6.45, 7) is 4.61. The first-order valence-electron chi connectivity index (χ1n) is 9.91. The van der Waals surface area contributed by atoms with Gasteiger partial charge < -0.3 is 14.6 Å². The number of hydrogen-bond donors (Lipinski definition) is 1. The summed E-state index contributed by atoms with van der Waals surface area (Å²) >= 11 is 0. The first-order valence-corrected chi connectivity index (χ1v) is 9.91. The van der Waals surface area contributed by atoms with Gasteiger partial charge in [-0.15, -0.1) is 0 Å². The lowest BCUT2D eigenvalue weighted by Gasteiger charge is -2.13. The fourth-order valence-electron chi connectivity index (χ4n) is 3.27. The van der Waals surface area contributed by atoms with Crippen LogP contribution < -0.4 is 10.1 Å². The molecule has 4 aromatic rings. The fourth-order valence-corrected chi connectivity index (χ4v) is 3.27. The number of anilines is 2. The molecule has 11 heteroatoms. The Morgan fingerprint density at radius 1 is 1.16 bits per heavy atom. The number of nitrogens with zero attached hydrogens (tertiary/aromatic N) is 6. The van der Waals surface area contributed by atoms with E-state index in [2.05, 4.69) is 25.4 Å². The number of methoxy groups -OCH3 is 1. The smallest absolute Gasteiger partial charge is 0.408 e. The molecule has 0 fully saturated rings. The molecule has 0 spiro atoms. The zero-order chi connectivity index (χ0) is 23.0. The van der Waals surface area contributed by atoms with Gasteiger partial charge in [0.2, 0.25) is 5.88 Å². The van der Waals surface area contributed by atoms with Crippen molar-refractivity contribution < 1.29 is 17.9 Å². The van der Waals surface area contributed by atoms with Gasteiger partial charge in [0.1, 0.15) is 29.1 Å². The van der Waals surface area contributed by atoms with Gasteiger partial charge in [0.05, 0.1) is 31.0 Å². The second-order valence-corrected chi connectivity index (χ2v) is 7.70. The summed E-state index contributed by atoms with van der Waals surface area (Å²) < 4.78 is 46.7. The van der Waals surface area contributed by atoms with Gasteiger partial charge in [-0.2, -0.15) is 23.3 Å². The van der Waals surface area contributed by atoms with Crippen LogP contribution in [0.15, 0.2) is 36.9 Å². The Bertz CT molecular complexity index is 1260. The number of aromatic nitrogens is 6. The third-order valence-electron chi connectivity index (χ3n) is 4.76. The van der Waals surface area contributed by atoms with E-state index in [9.17, 15) is 13.2 Å². The summed E-state index contributed by atoms with van der Waals surface area (Å²) in [6.07, 6.45) is 0.434. The molecule has 0 radical (unpaired) electrons. The number of pyridine rings is 2. The Morgan fingerprint density at radius 3 is 2.56 bits per heavy atom. The number of halogens is 3. The molecule has 4 heterocycles. The van der Waals surface area contributed by atoms with Crippen molar-refractivity contribution in [3.63, 3.8) is 0 Å². The Balaban J connectivity index is 1.74. The number of nitrogens with one attached hydrogen (secondary N) is 1. The first kappa shape index (κ1) is 21.6. The van der Waals surface area contributed by atoms with Crippen LogP contribution in [0.1, 0.15) is 31.2 Å². The lowest BCUT2D eigenvalue weighted by molar-refractivity contribution is -0.142. The minimum atomic E-state index is -4.38. The molecule has 0 unspecified atom stereocenters. The lowest BCUT2D eigenvalue weighted by Crippen LogP contribution is -2.17. The largest absolute Gasteiger partial charge is 0.479 e.